The first-order valence-electron chi connectivity index (χ1n) is 8.50. The summed E-state index contributed by atoms with van der Waals surface area (Å²) in [4.78, 5) is 10.6. The third-order valence-electron chi connectivity index (χ3n) is 3.76. The molecule has 0 saturated heterocycles. The zero-order valence-corrected chi connectivity index (χ0v) is 14.9. The van der Waals surface area contributed by atoms with Gasteiger partial charge < -0.3 is 15.5 Å². The zero-order valence-electron chi connectivity index (χ0n) is 14.9. The Balaban J connectivity index is 1.65. The van der Waals surface area contributed by atoms with Gasteiger partial charge in [-0.05, 0) is 42.7 Å². The first-order valence-corrected chi connectivity index (χ1v) is 8.50. The Bertz CT molecular complexity index is 643. The van der Waals surface area contributed by atoms with Crippen molar-refractivity contribution in [2.24, 2.45) is 4.99 Å². The van der Waals surface area contributed by atoms with E-state index < -0.39 is 0 Å². The van der Waals surface area contributed by atoms with Gasteiger partial charge in [-0.3, -0.25) is 4.99 Å². The van der Waals surface area contributed by atoms with Gasteiger partial charge in [-0.25, -0.2) is 9.37 Å². The smallest absolute Gasteiger partial charge is 0.193 e. The maximum absolute atomic E-state index is 13.0. The zero-order chi connectivity index (χ0) is 17.9. The average molecular weight is 343 g/mol. The molecular formula is C19H26FN5. The molecule has 2 aromatic rings. The van der Waals surface area contributed by atoms with Crippen LogP contribution in [0.25, 0.3) is 0 Å². The molecule has 2 N–H and O–H groups in total. The topological polar surface area (TPSA) is 52.6 Å². The summed E-state index contributed by atoms with van der Waals surface area (Å²) in [5, 5.41) is 6.65. The minimum Gasteiger partial charge on any atom is -0.370 e. The van der Waals surface area contributed by atoms with Crippen LogP contribution < -0.4 is 10.6 Å². The molecule has 0 aliphatic carbocycles. The summed E-state index contributed by atoms with van der Waals surface area (Å²) in [5.74, 6) is 1.53. The van der Waals surface area contributed by atoms with Gasteiger partial charge in [0.2, 0.25) is 0 Å². The Morgan fingerprint density at radius 3 is 2.56 bits per heavy atom. The predicted octanol–water partition coefficient (Wildman–Crippen LogP) is 3.12. The van der Waals surface area contributed by atoms with Gasteiger partial charge >= 0.3 is 0 Å². The number of rotatable bonds is 8. The van der Waals surface area contributed by atoms with Crippen LogP contribution in [0.2, 0.25) is 0 Å². The summed E-state index contributed by atoms with van der Waals surface area (Å²) in [6.45, 7) is 2.42. The molecule has 25 heavy (non-hydrogen) atoms. The highest BCUT2D eigenvalue weighted by molar-refractivity contribution is 5.79. The van der Waals surface area contributed by atoms with Crippen LogP contribution in [0.15, 0.2) is 53.7 Å². The Kier molecular flexibility index (Phi) is 7.69. The maximum Gasteiger partial charge on any atom is 0.193 e. The molecule has 0 radical (unpaired) electrons. The molecule has 0 saturated carbocycles. The van der Waals surface area contributed by atoms with Crippen LogP contribution in [0.4, 0.5) is 10.2 Å². The number of nitrogens with one attached hydrogen (secondary N) is 2. The molecular weight excluding hydrogens is 317 g/mol. The highest BCUT2D eigenvalue weighted by Gasteiger charge is 2.06. The van der Waals surface area contributed by atoms with Gasteiger partial charge in [-0.2, -0.15) is 0 Å². The van der Waals surface area contributed by atoms with Gasteiger partial charge in [0.05, 0.1) is 0 Å². The van der Waals surface area contributed by atoms with Crippen LogP contribution in [0, 0.1) is 5.82 Å². The molecule has 2 rings (SSSR count). The number of aliphatic imine (C=N–C) groups is 1. The van der Waals surface area contributed by atoms with Crippen molar-refractivity contribution in [3.8, 4) is 0 Å². The van der Waals surface area contributed by atoms with Crippen molar-refractivity contribution in [2.75, 3.05) is 32.5 Å². The largest absolute Gasteiger partial charge is 0.370 e. The van der Waals surface area contributed by atoms with Crippen LogP contribution in [-0.4, -0.2) is 43.0 Å². The maximum atomic E-state index is 13.0. The summed E-state index contributed by atoms with van der Waals surface area (Å²) in [6.07, 6.45) is 3.86. The van der Waals surface area contributed by atoms with E-state index in [1.54, 1.807) is 25.4 Å². The van der Waals surface area contributed by atoms with E-state index in [1.807, 2.05) is 30.1 Å². The molecule has 0 spiro atoms. The number of pyridine rings is 1. The molecule has 6 heteroatoms. The van der Waals surface area contributed by atoms with Crippen molar-refractivity contribution in [3.63, 3.8) is 0 Å². The minimum absolute atomic E-state index is 0.215. The molecule has 1 aromatic carbocycles. The first kappa shape index (κ1) is 18.7. The van der Waals surface area contributed by atoms with E-state index in [1.165, 1.54) is 12.1 Å². The SMILES string of the molecule is CN=C(NCCCCNc1ccccn1)N(C)Cc1ccc(F)cc1. The van der Waals surface area contributed by atoms with Gasteiger partial charge in [0.15, 0.2) is 5.96 Å². The van der Waals surface area contributed by atoms with E-state index in [9.17, 15) is 4.39 Å². The van der Waals surface area contributed by atoms with Crippen molar-refractivity contribution in [1.82, 2.24) is 15.2 Å². The second kappa shape index (κ2) is 10.3. The lowest BCUT2D eigenvalue weighted by atomic mass is 10.2. The quantitative estimate of drug-likeness (QED) is 0.439. The monoisotopic (exact) mass is 343 g/mol. The van der Waals surface area contributed by atoms with Crippen molar-refractivity contribution in [1.29, 1.82) is 0 Å². The van der Waals surface area contributed by atoms with Crippen LogP contribution in [-0.2, 0) is 6.54 Å². The molecule has 134 valence electrons. The van der Waals surface area contributed by atoms with E-state index in [0.717, 1.165) is 43.3 Å². The Hall–Kier alpha value is -2.63. The highest BCUT2D eigenvalue weighted by Crippen LogP contribution is 2.06. The fourth-order valence-electron chi connectivity index (χ4n) is 2.46. The minimum atomic E-state index is -0.215. The lowest BCUT2D eigenvalue weighted by molar-refractivity contribution is 0.474. The Morgan fingerprint density at radius 1 is 1.12 bits per heavy atom. The lowest BCUT2D eigenvalue weighted by Crippen LogP contribution is -2.38. The van der Waals surface area contributed by atoms with Crippen LogP contribution in [0.5, 0.6) is 0 Å². The third-order valence-corrected chi connectivity index (χ3v) is 3.76. The first-order chi connectivity index (χ1) is 12.2. The van der Waals surface area contributed by atoms with Crippen LogP contribution >= 0.6 is 0 Å². The number of anilines is 1. The summed E-state index contributed by atoms with van der Waals surface area (Å²) in [7, 11) is 3.74. The number of hydrogen-bond acceptors (Lipinski definition) is 3. The van der Waals surface area contributed by atoms with Gasteiger partial charge in [-0.1, -0.05) is 18.2 Å². The van der Waals surface area contributed by atoms with Crippen molar-refractivity contribution >= 4 is 11.8 Å². The van der Waals surface area contributed by atoms with Gasteiger partial charge in [0, 0.05) is 39.9 Å². The second-order valence-corrected chi connectivity index (χ2v) is 5.81. The molecule has 0 bridgehead atoms. The number of hydrogen-bond donors (Lipinski definition) is 2. The Morgan fingerprint density at radius 2 is 1.88 bits per heavy atom. The van der Waals surface area contributed by atoms with E-state index in [2.05, 4.69) is 20.6 Å². The van der Waals surface area contributed by atoms with Crippen molar-refractivity contribution in [2.45, 2.75) is 19.4 Å². The number of benzene rings is 1. The summed E-state index contributed by atoms with van der Waals surface area (Å²) in [5.41, 5.74) is 1.05. The van der Waals surface area contributed by atoms with Crippen LogP contribution in [0.3, 0.4) is 0 Å². The van der Waals surface area contributed by atoms with Gasteiger partial charge in [-0.15, -0.1) is 0 Å². The fourth-order valence-corrected chi connectivity index (χ4v) is 2.46. The number of guanidine groups is 1. The molecule has 0 amide bonds. The average Bonchev–Trinajstić information content (AvgIpc) is 2.64. The molecule has 1 aromatic heterocycles. The predicted molar refractivity (Wildman–Crippen MR) is 101 cm³/mol. The van der Waals surface area contributed by atoms with Crippen molar-refractivity contribution in [3.05, 3.63) is 60.0 Å². The number of aromatic nitrogens is 1. The van der Waals surface area contributed by atoms with Gasteiger partial charge in [0.1, 0.15) is 11.6 Å². The molecule has 0 aliphatic rings. The van der Waals surface area contributed by atoms with Gasteiger partial charge in [0.25, 0.3) is 0 Å². The van der Waals surface area contributed by atoms with Crippen LogP contribution in [0.1, 0.15) is 18.4 Å². The summed E-state index contributed by atoms with van der Waals surface area (Å²) in [6, 6.07) is 12.4. The number of halogens is 1. The molecule has 1 heterocycles. The summed E-state index contributed by atoms with van der Waals surface area (Å²) < 4.78 is 13.0. The second-order valence-electron chi connectivity index (χ2n) is 5.81. The molecule has 0 aliphatic heterocycles. The van der Waals surface area contributed by atoms with Crippen molar-refractivity contribution < 1.29 is 4.39 Å². The van der Waals surface area contributed by atoms with E-state index in [0.29, 0.717) is 6.54 Å². The van der Waals surface area contributed by atoms with E-state index in [4.69, 9.17) is 0 Å². The third kappa shape index (κ3) is 6.79. The number of nitrogens with zero attached hydrogens (tertiary/aromatic N) is 3. The fraction of sp³-hybridized carbons (Fsp3) is 0.368. The lowest BCUT2D eigenvalue weighted by Gasteiger charge is -2.22. The van der Waals surface area contributed by atoms with E-state index >= 15 is 0 Å². The number of unbranched alkanes of at least 4 members (excludes halogenated alkanes) is 1. The summed E-state index contributed by atoms with van der Waals surface area (Å²) >= 11 is 0. The molecule has 5 nitrogen and oxygen atoms in total. The standard InChI is InChI=1S/C19H26FN5/c1-21-19(25(2)15-16-8-10-17(20)11-9-16)24-14-6-5-13-23-18-7-3-4-12-22-18/h3-4,7-12H,5-6,13-15H2,1-2H3,(H,21,24)(H,22,23). The normalized spacial score (nSPS) is 11.2. The molecule has 0 unspecified atom stereocenters. The van der Waals surface area contributed by atoms with E-state index in [-0.39, 0.29) is 5.82 Å². The molecule has 0 fully saturated rings. The highest BCUT2D eigenvalue weighted by atomic mass is 19.1. The molecule has 0 atom stereocenters. The Labute approximate surface area is 149 Å².